The first-order chi connectivity index (χ1) is 8.09. The fourth-order valence-corrected chi connectivity index (χ4v) is 2.10. The molecule has 1 heterocycles. The average molecular weight is 233 g/mol. The summed E-state index contributed by atoms with van der Waals surface area (Å²) in [7, 11) is 0. The molecule has 3 N–H and O–H groups in total. The zero-order valence-electron chi connectivity index (χ0n) is 10.3. The van der Waals surface area contributed by atoms with E-state index in [2.05, 4.69) is 10.2 Å². The average Bonchev–Trinajstić information content (AvgIpc) is 2.33. The summed E-state index contributed by atoms with van der Waals surface area (Å²) in [4.78, 5) is 13.7. The van der Waals surface area contributed by atoms with Gasteiger partial charge in [0.25, 0.3) is 0 Å². The molecule has 1 fully saturated rings. The van der Waals surface area contributed by atoms with Crippen molar-refractivity contribution < 1.29 is 4.79 Å². The maximum Gasteiger partial charge on any atom is 0.242 e. The lowest BCUT2D eigenvalue weighted by molar-refractivity contribution is -0.122. The fourth-order valence-electron chi connectivity index (χ4n) is 2.10. The smallest absolute Gasteiger partial charge is 0.242 e. The highest BCUT2D eigenvalue weighted by molar-refractivity contribution is 5.86. The molecule has 0 aliphatic carbocycles. The molecule has 0 radical (unpaired) electrons. The molecule has 1 saturated heterocycles. The van der Waals surface area contributed by atoms with Gasteiger partial charge in [0.05, 0.1) is 0 Å². The van der Waals surface area contributed by atoms with Crippen LogP contribution in [0.3, 0.4) is 0 Å². The zero-order chi connectivity index (χ0) is 12.4. The van der Waals surface area contributed by atoms with Crippen LogP contribution in [-0.4, -0.2) is 25.0 Å². The number of nitrogens with two attached hydrogens (primary N) is 1. The highest BCUT2D eigenvalue weighted by Crippen LogP contribution is 2.21. The third-order valence-corrected chi connectivity index (χ3v) is 3.25. The Balaban J connectivity index is 2.19. The Bertz CT molecular complexity index is 400. The lowest BCUT2D eigenvalue weighted by Crippen LogP contribution is -2.54. The molecule has 0 saturated carbocycles. The van der Waals surface area contributed by atoms with E-state index in [4.69, 9.17) is 5.73 Å². The first kappa shape index (κ1) is 11.9. The Kier molecular flexibility index (Phi) is 3.33. The second-order valence-corrected chi connectivity index (χ2v) is 4.54. The molecule has 0 bridgehead atoms. The molecule has 4 heteroatoms. The van der Waals surface area contributed by atoms with Crippen LogP contribution in [0.2, 0.25) is 0 Å². The maximum atomic E-state index is 11.6. The number of piperazine rings is 1. The van der Waals surface area contributed by atoms with Gasteiger partial charge in [-0.2, -0.15) is 0 Å². The van der Waals surface area contributed by atoms with Crippen LogP contribution in [-0.2, 0) is 4.79 Å². The van der Waals surface area contributed by atoms with Crippen LogP contribution >= 0.6 is 0 Å². The topological polar surface area (TPSA) is 58.4 Å². The van der Waals surface area contributed by atoms with Crippen LogP contribution in [0, 0.1) is 0 Å². The van der Waals surface area contributed by atoms with E-state index >= 15 is 0 Å². The Hall–Kier alpha value is -1.55. The van der Waals surface area contributed by atoms with Gasteiger partial charge in [-0.1, -0.05) is 12.1 Å². The molecule has 0 spiro atoms. The number of carbonyl (C=O) groups is 1. The molecule has 92 valence electrons. The number of amides is 1. The summed E-state index contributed by atoms with van der Waals surface area (Å²) in [6.45, 7) is 5.45. The van der Waals surface area contributed by atoms with Crippen molar-refractivity contribution in [3.8, 4) is 0 Å². The summed E-state index contributed by atoms with van der Waals surface area (Å²) >= 11 is 0. The van der Waals surface area contributed by atoms with Crippen LogP contribution in [0.5, 0.6) is 0 Å². The van der Waals surface area contributed by atoms with Gasteiger partial charge in [0.1, 0.15) is 6.04 Å². The standard InChI is InChI=1S/C13H19N3O/c1-9(14)11-3-5-12(6-4-11)16-8-7-15-13(17)10(16)2/h3-6,9-10H,7-8,14H2,1-2H3,(H,15,17)/t9-,10?/m1/s1. The van der Waals surface area contributed by atoms with E-state index in [1.54, 1.807) is 0 Å². The summed E-state index contributed by atoms with van der Waals surface area (Å²) < 4.78 is 0. The second-order valence-electron chi connectivity index (χ2n) is 4.54. The molecule has 1 aliphatic rings. The van der Waals surface area contributed by atoms with Crippen molar-refractivity contribution in [1.82, 2.24) is 5.32 Å². The van der Waals surface area contributed by atoms with E-state index in [0.29, 0.717) is 6.54 Å². The number of carbonyl (C=O) groups excluding carboxylic acids is 1. The molecule has 1 unspecified atom stereocenters. The summed E-state index contributed by atoms with van der Waals surface area (Å²) in [6, 6.07) is 8.07. The molecule has 17 heavy (non-hydrogen) atoms. The summed E-state index contributed by atoms with van der Waals surface area (Å²) in [5, 5.41) is 2.86. The van der Waals surface area contributed by atoms with Gasteiger partial charge in [0, 0.05) is 24.8 Å². The predicted molar refractivity (Wildman–Crippen MR) is 68.9 cm³/mol. The lowest BCUT2D eigenvalue weighted by Gasteiger charge is -2.34. The predicted octanol–water partition coefficient (Wildman–Crippen LogP) is 1.03. The molecular formula is C13H19N3O. The van der Waals surface area contributed by atoms with Crippen LogP contribution in [0.25, 0.3) is 0 Å². The first-order valence-corrected chi connectivity index (χ1v) is 5.99. The van der Waals surface area contributed by atoms with Gasteiger partial charge in [-0.05, 0) is 31.5 Å². The second kappa shape index (κ2) is 4.75. The van der Waals surface area contributed by atoms with Gasteiger partial charge in [-0.3, -0.25) is 4.79 Å². The molecule has 0 aromatic heterocycles. The molecule has 1 aromatic carbocycles. The van der Waals surface area contributed by atoms with Crippen molar-refractivity contribution in [3.63, 3.8) is 0 Å². The molecule has 1 aliphatic heterocycles. The van der Waals surface area contributed by atoms with Gasteiger partial charge in [-0.15, -0.1) is 0 Å². The summed E-state index contributed by atoms with van der Waals surface area (Å²) in [6.07, 6.45) is 0. The first-order valence-electron chi connectivity index (χ1n) is 5.99. The normalized spacial score (nSPS) is 22.2. The van der Waals surface area contributed by atoms with Crippen LogP contribution in [0.4, 0.5) is 5.69 Å². The Morgan fingerprint density at radius 3 is 2.65 bits per heavy atom. The lowest BCUT2D eigenvalue weighted by atomic mass is 10.1. The minimum atomic E-state index is -0.107. The molecule has 2 rings (SSSR count). The molecule has 1 aromatic rings. The van der Waals surface area contributed by atoms with Crippen molar-refractivity contribution in [2.75, 3.05) is 18.0 Å². The number of anilines is 1. The Labute approximate surface area is 102 Å². The van der Waals surface area contributed by atoms with Crippen molar-refractivity contribution in [1.29, 1.82) is 0 Å². The van der Waals surface area contributed by atoms with Crippen molar-refractivity contribution >= 4 is 11.6 Å². The van der Waals surface area contributed by atoms with E-state index < -0.39 is 0 Å². The van der Waals surface area contributed by atoms with E-state index in [1.807, 2.05) is 38.1 Å². The highest BCUT2D eigenvalue weighted by atomic mass is 16.2. The van der Waals surface area contributed by atoms with Crippen molar-refractivity contribution in [3.05, 3.63) is 29.8 Å². The van der Waals surface area contributed by atoms with Crippen molar-refractivity contribution in [2.24, 2.45) is 5.73 Å². The van der Waals surface area contributed by atoms with E-state index in [-0.39, 0.29) is 18.0 Å². The molecule has 4 nitrogen and oxygen atoms in total. The van der Waals surface area contributed by atoms with Crippen molar-refractivity contribution in [2.45, 2.75) is 25.9 Å². The molecular weight excluding hydrogens is 214 g/mol. The van der Waals surface area contributed by atoms with Crippen LogP contribution in [0.15, 0.2) is 24.3 Å². The molecule has 2 atom stereocenters. The number of benzene rings is 1. The number of nitrogens with one attached hydrogen (secondary N) is 1. The number of hydrogen-bond donors (Lipinski definition) is 2. The van der Waals surface area contributed by atoms with Crippen LogP contribution in [0.1, 0.15) is 25.5 Å². The van der Waals surface area contributed by atoms with Gasteiger partial charge in [-0.25, -0.2) is 0 Å². The van der Waals surface area contributed by atoms with E-state index in [0.717, 1.165) is 17.8 Å². The number of nitrogens with zero attached hydrogens (tertiary/aromatic N) is 1. The highest BCUT2D eigenvalue weighted by Gasteiger charge is 2.25. The monoisotopic (exact) mass is 233 g/mol. The van der Waals surface area contributed by atoms with Crippen LogP contribution < -0.4 is 16.0 Å². The third kappa shape index (κ3) is 2.42. The zero-order valence-corrected chi connectivity index (χ0v) is 10.3. The SMILES string of the molecule is CC1C(=O)NCCN1c1ccc([C@@H](C)N)cc1. The largest absolute Gasteiger partial charge is 0.358 e. The minimum Gasteiger partial charge on any atom is -0.358 e. The van der Waals surface area contributed by atoms with Gasteiger partial charge < -0.3 is 16.0 Å². The van der Waals surface area contributed by atoms with Gasteiger partial charge >= 0.3 is 0 Å². The summed E-state index contributed by atoms with van der Waals surface area (Å²) in [5.41, 5.74) is 8.01. The fraction of sp³-hybridized carbons (Fsp3) is 0.462. The van der Waals surface area contributed by atoms with E-state index in [9.17, 15) is 4.79 Å². The minimum absolute atomic E-state index is 0.0473. The number of hydrogen-bond acceptors (Lipinski definition) is 3. The molecule has 1 amide bonds. The van der Waals surface area contributed by atoms with Gasteiger partial charge in [0.15, 0.2) is 0 Å². The Morgan fingerprint density at radius 2 is 2.06 bits per heavy atom. The summed E-state index contributed by atoms with van der Waals surface area (Å²) in [5.74, 6) is 0.0903. The third-order valence-electron chi connectivity index (χ3n) is 3.25. The van der Waals surface area contributed by atoms with Gasteiger partial charge in [0.2, 0.25) is 5.91 Å². The quantitative estimate of drug-likeness (QED) is 0.802. The maximum absolute atomic E-state index is 11.6. The Morgan fingerprint density at radius 1 is 1.41 bits per heavy atom. The van der Waals surface area contributed by atoms with E-state index in [1.165, 1.54) is 0 Å². The number of rotatable bonds is 2.